The summed E-state index contributed by atoms with van der Waals surface area (Å²) < 4.78 is 6.80. The molecule has 0 radical (unpaired) electrons. The van der Waals surface area contributed by atoms with E-state index in [0.717, 1.165) is 26.6 Å². The van der Waals surface area contributed by atoms with Gasteiger partial charge in [-0.3, -0.25) is 0 Å². The van der Waals surface area contributed by atoms with Crippen molar-refractivity contribution in [1.82, 2.24) is 4.98 Å². The van der Waals surface area contributed by atoms with E-state index in [-0.39, 0.29) is 0 Å². The van der Waals surface area contributed by atoms with Crippen molar-refractivity contribution in [1.29, 1.82) is 0 Å². The first kappa shape index (κ1) is 14.0. The quantitative estimate of drug-likeness (QED) is 0.739. The number of fused-ring (bicyclic) bond motifs is 1. The molecule has 3 rings (SSSR count). The van der Waals surface area contributed by atoms with Gasteiger partial charge in [0, 0.05) is 16.7 Å². The summed E-state index contributed by atoms with van der Waals surface area (Å²) in [4.78, 5) is 4.20. The lowest BCUT2D eigenvalue weighted by Gasteiger charge is -2.08. The van der Waals surface area contributed by atoms with Crippen molar-refractivity contribution < 1.29 is 9.84 Å². The van der Waals surface area contributed by atoms with Crippen LogP contribution in [0.4, 0.5) is 0 Å². The van der Waals surface area contributed by atoms with Crippen LogP contribution in [0.15, 0.2) is 59.2 Å². The minimum absolute atomic E-state index is 0.510. The van der Waals surface area contributed by atoms with Gasteiger partial charge in [0.25, 0.3) is 0 Å². The molecule has 1 N–H and O–H groups in total. The van der Waals surface area contributed by atoms with Crippen molar-refractivity contribution in [3.05, 3.63) is 64.8 Å². The lowest BCUT2D eigenvalue weighted by Crippen LogP contribution is -1.93. The Hall–Kier alpha value is -1.91. The number of benzene rings is 2. The van der Waals surface area contributed by atoms with E-state index in [4.69, 9.17) is 4.74 Å². The number of hydrogen-bond acceptors (Lipinski definition) is 3. The van der Waals surface area contributed by atoms with Crippen LogP contribution < -0.4 is 4.74 Å². The summed E-state index contributed by atoms with van der Waals surface area (Å²) in [5.41, 5.74) is 0.769. The Morgan fingerprint density at radius 1 is 1.05 bits per heavy atom. The van der Waals surface area contributed by atoms with E-state index in [1.54, 1.807) is 19.2 Å². The molecule has 3 nitrogen and oxygen atoms in total. The molecule has 1 heterocycles. The summed E-state index contributed by atoms with van der Waals surface area (Å²) in [6, 6.07) is 15.6. The van der Waals surface area contributed by atoms with Gasteiger partial charge in [-0.1, -0.05) is 28.1 Å². The molecule has 0 aliphatic rings. The van der Waals surface area contributed by atoms with Crippen LogP contribution in [-0.4, -0.2) is 10.1 Å². The smallest absolute Gasteiger partial charge is 0.219 e. The van der Waals surface area contributed by atoms with Crippen LogP contribution in [-0.2, 0) is 0 Å². The lowest BCUT2D eigenvalue weighted by molar-refractivity contribution is 0.198. The van der Waals surface area contributed by atoms with Crippen molar-refractivity contribution in [2.75, 3.05) is 0 Å². The summed E-state index contributed by atoms with van der Waals surface area (Å²) in [5, 5.41) is 11.7. The van der Waals surface area contributed by atoms with Crippen LogP contribution in [0.1, 0.15) is 18.6 Å². The zero-order valence-corrected chi connectivity index (χ0v) is 13.0. The number of ether oxygens (including phenoxy) is 1. The van der Waals surface area contributed by atoms with Crippen LogP contribution in [0.25, 0.3) is 10.8 Å². The van der Waals surface area contributed by atoms with Crippen LogP contribution in [0.5, 0.6) is 11.6 Å². The van der Waals surface area contributed by atoms with E-state index < -0.39 is 6.10 Å². The molecule has 0 spiro atoms. The Bertz CT molecular complexity index is 769. The van der Waals surface area contributed by atoms with Gasteiger partial charge in [-0.2, -0.15) is 0 Å². The summed E-state index contributed by atoms with van der Waals surface area (Å²) in [7, 11) is 0. The molecule has 0 aliphatic carbocycles. The van der Waals surface area contributed by atoms with Gasteiger partial charge >= 0.3 is 0 Å². The van der Waals surface area contributed by atoms with Gasteiger partial charge in [0.05, 0.1) is 6.10 Å². The standard InChI is InChI=1S/C17H14BrNO2/c1-11(20)14-4-7-17(19-10-14)21-16-6-3-12-8-15(18)5-2-13(12)9-16/h2-11,20H,1H3. The maximum atomic E-state index is 9.46. The molecule has 3 aromatic rings. The topological polar surface area (TPSA) is 42.4 Å². The number of rotatable bonds is 3. The third-order valence-corrected chi connectivity index (χ3v) is 3.73. The molecule has 0 saturated heterocycles. The maximum Gasteiger partial charge on any atom is 0.219 e. The number of aromatic nitrogens is 1. The van der Waals surface area contributed by atoms with E-state index >= 15 is 0 Å². The van der Waals surface area contributed by atoms with E-state index in [1.165, 1.54) is 0 Å². The van der Waals surface area contributed by atoms with Crippen LogP contribution in [0.2, 0.25) is 0 Å². The largest absolute Gasteiger partial charge is 0.439 e. The first-order chi connectivity index (χ1) is 10.1. The van der Waals surface area contributed by atoms with Crippen molar-refractivity contribution >= 4 is 26.7 Å². The molecule has 0 amide bonds. The fraction of sp³-hybridized carbons (Fsp3) is 0.118. The van der Waals surface area contributed by atoms with Gasteiger partial charge in [-0.15, -0.1) is 0 Å². The molecule has 4 heteroatoms. The zero-order chi connectivity index (χ0) is 14.8. The molecule has 0 aliphatic heterocycles. The number of halogens is 1. The Kier molecular flexibility index (Phi) is 3.90. The van der Waals surface area contributed by atoms with E-state index in [0.29, 0.717) is 5.88 Å². The monoisotopic (exact) mass is 343 g/mol. The van der Waals surface area contributed by atoms with E-state index in [9.17, 15) is 5.11 Å². The average molecular weight is 344 g/mol. The third-order valence-electron chi connectivity index (χ3n) is 3.24. The average Bonchev–Trinajstić information content (AvgIpc) is 2.48. The Balaban J connectivity index is 1.85. The molecule has 0 saturated carbocycles. The van der Waals surface area contributed by atoms with Crippen molar-refractivity contribution in [3.63, 3.8) is 0 Å². The summed E-state index contributed by atoms with van der Waals surface area (Å²) in [6.45, 7) is 1.71. The molecule has 1 aromatic heterocycles. The number of aliphatic hydroxyl groups is 1. The minimum atomic E-state index is -0.523. The normalized spacial score (nSPS) is 12.3. The van der Waals surface area contributed by atoms with Crippen molar-refractivity contribution in [3.8, 4) is 11.6 Å². The Morgan fingerprint density at radius 2 is 1.81 bits per heavy atom. The predicted molar refractivity (Wildman–Crippen MR) is 86.6 cm³/mol. The van der Waals surface area contributed by atoms with Gasteiger partial charge in [-0.05, 0) is 53.6 Å². The Morgan fingerprint density at radius 3 is 2.52 bits per heavy atom. The molecular formula is C17H14BrNO2. The summed E-state index contributed by atoms with van der Waals surface area (Å²) >= 11 is 3.46. The summed E-state index contributed by atoms with van der Waals surface area (Å²) in [6.07, 6.45) is 1.10. The van der Waals surface area contributed by atoms with E-state index in [1.807, 2.05) is 36.4 Å². The number of aliphatic hydroxyl groups excluding tert-OH is 1. The maximum absolute atomic E-state index is 9.46. The first-order valence-electron chi connectivity index (χ1n) is 6.63. The molecule has 0 bridgehead atoms. The Labute approximate surface area is 131 Å². The van der Waals surface area contributed by atoms with Crippen molar-refractivity contribution in [2.24, 2.45) is 0 Å². The highest BCUT2D eigenvalue weighted by molar-refractivity contribution is 9.10. The number of nitrogens with zero attached hydrogens (tertiary/aromatic N) is 1. The molecule has 1 unspecified atom stereocenters. The van der Waals surface area contributed by atoms with Gasteiger partial charge in [-0.25, -0.2) is 4.98 Å². The fourth-order valence-electron chi connectivity index (χ4n) is 2.08. The lowest BCUT2D eigenvalue weighted by atomic mass is 10.1. The van der Waals surface area contributed by atoms with Gasteiger partial charge in [0.15, 0.2) is 0 Å². The second kappa shape index (κ2) is 5.84. The zero-order valence-electron chi connectivity index (χ0n) is 11.5. The molecular weight excluding hydrogens is 330 g/mol. The highest BCUT2D eigenvalue weighted by Crippen LogP contribution is 2.27. The molecule has 2 aromatic carbocycles. The first-order valence-corrected chi connectivity index (χ1v) is 7.42. The fourth-order valence-corrected chi connectivity index (χ4v) is 2.46. The van der Waals surface area contributed by atoms with Crippen molar-refractivity contribution in [2.45, 2.75) is 13.0 Å². The molecule has 0 fully saturated rings. The minimum Gasteiger partial charge on any atom is -0.439 e. The second-order valence-corrected chi connectivity index (χ2v) is 5.78. The second-order valence-electron chi connectivity index (χ2n) is 4.86. The van der Waals surface area contributed by atoms with E-state index in [2.05, 4.69) is 27.0 Å². The molecule has 21 heavy (non-hydrogen) atoms. The molecule has 1 atom stereocenters. The highest BCUT2D eigenvalue weighted by Gasteiger charge is 2.04. The SMILES string of the molecule is CC(O)c1ccc(Oc2ccc3cc(Br)ccc3c2)nc1. The highest BCUT2D eigenvalue weighted by atomic mass is 79.9. The van der Waals surface area contributed by atoms with Crippen LogP contribution in [0.3, 0.4) is 0 Å². The molecule has 106 valence electrons. The number of hydrogen-bond donors (Lipinski definition) is 1. The van der Waals surface area contributed by atoms with Gasteiger partial charge < -0.3 is 9.84 Å². The van der Waals surface area contributed by atoms with Crippen LogP contribution >= 0.6 is 15.9 Å². The predicted octanol–water partition coefficient (Wildman–Crippen LogP) is 4.84. The third kappa shape index (κ3) is 3.23. The van der Waals surface area contributed by atoms with Gasteiger partial charge in [0.2, 0.25) is 5.88 Å². The number of pyridine rings is 1. The van der Waals surface area contributed by atoms with Gasteiger partial charge in [0.1, 0.15) is 5.75 Å². The van der Waals surface area contributed by atoms with Crippen LogP contribution in [0, 0.1) is 0 Å². The summed E-state index contributed by atoms with van der Waals surface area (Å²) in [5.74, 6) is 1.25.